The SMILES string of the molecule is COc1ccc(C#CC2=CCN(S(=O)(=O)CC3(C)NC(=O)NC3=O)CC2)cn1. The molecular formula is C18H20N4O5S. The van der Waals surface area contributed by atoms with E-state index >= 15 is 0 Å². The highest BCUT2D eigenvalue weighted by atomic mass is 32.2. The van der Waals surface area contributed by atoms with Crippen molar-refractivity contribution in [3.63, 3.8) is 0 Å². The molecule has 3 amide bonds. The fourth-order valence-corrected chi connectivity index (χ4v) is 4.67. The number of urea groups is 1. The molecule has 0 bridgehead atoms. The topological polar surface area (TPSA) is 118 Å². The molecule has 2 aliphatic heterocycles. The van der Waals surface area contributed by atoms with Crippen molar-refractivity contribution in [3.05, 3.63) is 35.5 Å². The molecule has 0 aliphatic carbocycles. The minimum atomic E-state index is -3.74. The van der Waals surface area contributed by atoms with E-state index in [1.165, 1.54) is 18.3 Å². The Morgan fingerprint density at radius 3 is 2.64 bits per heavy atom. The third kappa shape index (κ3) is 4.32. The highest BCUT2D eigenvalue weighted by Crippen LogP contribution is 2.19. The third-order valence-corrected chi connectivity index (χ3v) is 6.53. The normalized spacial score (nSPS) is 22.6. The van der Waals surface area contributed by atoms with Crippen LogP contribution in [0.1, 0.15) is 18.9 Å². The average molecular weight is 404 g/mol. The molecule has 9 nitrogen and oxygen atoms in total. The number of carbonyl (C=O) groups is 2. The number of hydrogen-bond donors (Lipinski definition) is 2. The number of rotatable bonds is 4. The first-order valence-electron chi connectivity index (χ1n) is 8.54. The van der Waals surface area contributed by atoms with Gasteiger partial charge >= 0.3 is 6.03 Å². The molecule has 2 aliphatic rings. The Kier molecular flexibility index (Phi) is 5.40. The number of ether oxygens (including phenoxy) is 1. The molecule has 148 valence electrons. The molecule has 1 aromatic rings. The van der Waals surface area contributed by atoms with E-state index in [-0.39, 0.29) is 13.1 Å². The van der Waals surface area contributed by atoms with Crippen molar-refractivity contribution in [3.8, 4) is 17.7 Å². The Bertz CT molecular complexity index is 991. The lowest BCUT2D eigenvalue weighted by Crippen LogP contribution is -2.52. The van der Waals surface area contributed by atoms with E-state index in [2.05, 4.69) is 27.5 Å². The summed E-state index contributed by atoms with van der Waals surface area (Å²) in [6.45, 7) is 1.82. The van der Waals surface area contributed by atoms with Gasteiger partial charge in [-0.3, -0.25) is 10.1 Å². The molecule has 1 aromatic heterocycles. The Morgan fingerprint density at radius 1 is 1.32 bits per heavy atom. The second-order valence-corrected chi connectivity index (χ2v) is 8.64. The van der Waals surface area contributed by atoms with Crippen LogP contribution >= 0.6 is 0 Å². The van der Waals surface area contributed by atoms with Gasteiger partial charge in [-0.15, -0.1) is 0 Å². The van der Waals surface area contributed by atoms with Gasteiger partial charge in [0.1, 0.15) is 5.54 Å². The van der Waals surface area contributed by atoms with Gasteiger partial charge in [-0.2, -0.15) is 4.31 Å². The minimum Gasteiger partial charge on any atom is -0.481 e. The monoisotopic (exact) mass is 404 g/mol. The van der Waals surface area contributed by atoms with Crippen molar-refractivity contribution < 1.29 is 22.7 Å². The molecule has 1 saturated heterocycles. The van der Waals surface area contributed by atoms with Gasteiger partial charge in [0.25, 0.3) is 5.91 Å². The van der Waals surface area contributed by atoms with Crippen LogP contribution in [0.4, 0.5) is 4.79 Å². The Hall–Kier alpha value is -2.90. The largest absolute Gasteiger partial charge is 0.481 e. The number of hydrogen-bond acceptors (Lipinski definition) is 6. The molecule has 10 heteroatoms. The van der Waals surface area contributed by atoms with Crippen LogP contribution < -0.4 is 15.4 Å². The fourth-order valence-electron chi connectivity index (χ4n) is 2.88. The lowest BCUT2D eigenvalue weighted by molar-refractivity contribution is -0.122. The molecule has 1 atom stereocenters. The number of aromatic nitrogens is 1. The minimum absolute atomic E-state index is 0.166. The van der Waals surface area contributed by atoms with Crippen LogP contribution in [0.5, 0.6) is 5.88 Å². The summed E-state index contributed by atoms with van der Waals surface area (Å²) in [6, 6.07) is 2.82. The fraction of sp³-hybridized carbons (Fsp3) is 0.389. The quantitative estimate of drug-likeness (QED) is 0.539. The van der Waals surface area contributed by atoms with Crippen molar-refractivity contribution in [2.24, 2.45) is 0 Å². The summed E-state index contributed by atoms with van der Waals surface area (Å²) >= 11 is 0. The molecule has 0 spiro atoms. The van der Waals surface area contributed by atoms with Crippen LogP contribution in [0.15, 0.2) is 30.0 Å². The molecule has 3 rings (SSSR count). The number of amides is 3. The molecule has 0 radical (unpaired) electrons. The van der Waals surface area contributed by atoms with Crippen molar-refractivity contribution in [2.45, 2.75) is 18.9 Å². The summed E-state index contributed by atoms with van der Waals surface area (Å²) in [4.78, 5) is 27.2. The van der Waals surface area contributed by atoms with E-state index in [9.17, 15) is 18.0 Å². The van der Waals surface area contributed by atoms with E-state index in [4.69, 9.17) is 4.74 Å². The maximum atomic E-state index is 12.7. The lowest BCUT2D eigenvalue weighted by Gasteiger charge is -2.28. The number of carbonyl (C=O) groups excluding carboxylic acids is 2. The second kappa shape index (κ2) is 7.61. The number of sulfonamides is 1. The first kappa shape index (κ1) is 19.9. The predicted octanol–water partition coefficient (Wildman–Crippen LogP) is 0.00170. The number of nitrogens with zero attached hydrogens (tertiary/aromatic N) is 2. The van der Waals surface area contributed by atoms with Gasteiger partial charge in [0.05, 0.1) is 12.9 Å². The third-order valence-electron chi connectivity index (χ3n) is 4.47. The van der Waals surface area contributed by atoms with Crippen molar-refractivity contribution >= 4 is 22.0 Å². The Labute approximate surface area is 163 Å². The summed E-state index contributed by atoms with van der Waals surface area (Å²) in [5.41, 5.74) is 0.0919. The van der Waals surface area contributed by atoms with Crippen LogP contribution in [0.2, 0.25) is 0 Å². The van der Waals surface area contributed by atoms with Crippen molar-refractivity contribution in [1.82, 2.24) is 19.9 Å². The van der Waals surface area contributed by atoms with Crippen LogP contribution in [0.25, 0.3) is 0 Å². The van der Waals surface area contributed by atoms with Gasteiger partial charge < -0.3 is 10.1 Å². The molecule has 1 fully saturated rings. The van der Waals surface area contributed by atoms with E-state index in [1.54, 1.807) is 24.4 Å². The molecule has 28 heavy (non-hydrogen) atoms. The van der Waals surface area contributed by atoms with E-state index in [0.717, 1.165) is 11.1 Å². The lowest BCUT2D eigenvalue weighted by atomic mass is 10.1. The van der Waals surface area contributed by atoms with Gasteiger partial charge in [-0.05, 0) is 19.4 Å². The smallest absolute Gasteiger partial charge is 0.322 e. The summed E-state index contributed by atoms with van der Waals surface area (Å²) in [7, 11) is -2.20. The van der Waals surface area contributed by atoms with Gasteiger partial charge in [0, 0.05) is 36.5 Å². The number of methoxy groups -OCH3 is 1. The van der Waals surface area contributed by atoms with Crippen LogP contribution in [0, 0.1) is 11.8 Å². The summed E-state index contributed by atoms with van der Waals surface area (Å²) < 4.78 is 31.6. The standard InChI is InChI=1S/C18H20N4O5S/c1-18(16(23)20-17(24)21-18)12-28(25,26)22-9-7-13(8-10-22)3-4-14-5-6-15(27-2)19-11-14/h5-7,11H,8-10,12H2,1-2H3,(H2,20,21,23,24). The first-order valence-corrected chi connectivity index (χ1v) is 10.2. The summed E-state index contributed by atoms with van der Waals surface area (Å²) in [5.74, 6) is 5.38. The number of pyridine rings is 1. The highest BCUT2D eigenvalue weighted by molar-refractivity contribution is 7.89. The predicted molar refractivity (Wildman–Crippen MR) is 101 cm³/mol. The van der Waals surface area contributed by atoms with Gasteiger partial charge in [0.15, 0.2) is 0 Å². The van der Waals surface area contributed by atoms with E-state index in [1.807, 2.05) is 0 Å². The molecule has 1 unspecified atom stereocenters. The molecule has 3 heterocycles. The number of imide groups is 1. The summed E-state index contributed by atoms with van der Waals surface area (Å²) in [6.07, 6.45) is 3.82. The van der Waals surface area contributed by atoms with E-state index in [0.29, 0.717) is 12.3 Å². The van der Waals surface area contributed by atoms with Crippen molar-refractivity contribution in [2.75, 3.05) is 26.0 Å². The number of nitrogens with one attached hydrogen (secondary N) is 2. The Morgan fingerprint density at radius 2 is 2.11 bits per heavy atom. The van der Waals surface area contributed by atoms with Crippen LogP contribution in [-0.4, -0.2) is 61.1 Å². The zero-order chi connectivity index (χ0) is 20.4. The van der Waals surface area contributed by atoms with Gasteiger partial charge in [-0.1, -0.05) is 17.9 Å². The molecular weight excluding hydrogens is 384 g/mol. The van der Waals surface area contributed by atoms with Crippen LogP contribution in [-0.2, 0) is 14.8 Å². The van der Waals surface area contributed by atoms with Gasteiger partial charge in [-0.25, -0.2) is 18.2 Å². The second-order valence-electron chi connectivity index (χ2n) is 6.67. The maximum absolute atomic E-state index is 12.7. The zero-order valence-corrected chi connectivity index (χ0v) is 16.3. The molecule has 0 saturated carbocycles. The maximum Gasteiger partial charge on any atom is 0.322 e. The molecule has 2 N–H and O–H groups in total. The van der Waals surface area contributed by atoms with Gasteiger partial charge in [0.2, 0.25) is 15.9 Å². The van der Waals surface area contributed by atoms with Crippen molar-refractivity contribution in [1.29, 1.82) is 0 Å². The molecule has 0 aromatic carbocycles. The van der Waals surface area contributed by atoms with E-state index < -0.39 is 33.3 Å². The zero-order valence-electron chi connectivity index (χ0n) is 15.5. The van der Waals surface area contributed by atoms with Crippen LogP contribution in [0.3, 0.4) is 0 Å². The average Bonchev–Trinajstić information content (AvgIpc) is 2.91. The highest BCUT2D eigenvalue weighted by Gasteiger charge is 2.46. The summed E-state index contributed by atoms with van der Waals surface area (Å²) in [5, 5.41) is 4.44. The Balaban J connectivity index is 1.65. The first-order chi connectivity index (χ1) is 13.2.